The van der Waals surface area contributed by atoms with E-state index in [4.69, 9.17) is 0 Å². The van der Waals surface area contributed by atoms with Crippen LogP contribution in [0.3, 0.4) is 0 Å². The van der Waals surface area contributed by atoms with Crippen LogP contribution in [0.1, 0.15) is 5.69 Å². The van der Waals surface area contributed by atoms with Crippen LogP contribution in [0, 0.1) is 0 Å². The summed E-state index contributed by atoms with van der Waals surface area (Å²) in [6.45, 7) is 0.867. The molecule has 0 amide bonds. The van der Waals surface area contributed by atoms with Gasteiger partial charge in [-0.1, -0.05) is 0 Å². The maximum Gasteiger partial charge on any atom is 0.173 e. The summed E-state index contributed by atoms with van der Waals surface area (Å²) in [5, 5.41) is 13.0. The number of H-pyrrole nitrogens is 1. The van der Waals surface area contributed by atoms with Crippen molar-refractivity contribution in [2.75, 3.05) is 5.32 Å². The predicted octanol–water partition coefficient (Wildman–Crippen LogP) is -0.270. The Balaban J connectivity index is 2.69. The molecule has 0 spiro atoms. The lowest BCUT2D eigenvalue weighted by atomic mass is 10.3. The van der Waals surface area contributed by atoms with Crippen LogP contribution >= 0.6 is 0 Å². The Kier molecular flexibility index (Phi) is 0.334. The first kappa shape index (κ1) is 3.01. The van der Waals surface area contributed by atoms with Crippen molar-refractivity contribution in [1.82, 2.24) is 15.4 Å². The van der Waals surface area contributed by atoms with Crippen molar-refractivity contribution in [3.63, 3.8) is 0 Å². The number of hydrogen-bond acceptors (Lipinski definition) is 3. The summed E-state index contributed by atoms with van der Waals surface area (Å²) >= 11 is 0. The number of fused-ring (bicyclic) bond motifs is 1. The molecule has 0 saturated carbocycles. The van der Waals surface area contributed by atoms with Crippen molar-refractivity contribution in [1.29, 1.82) is 0 Å². The highest BCUT2D eigenvalue weighted by Crippen LogP contribution is 2.16. The van der Waals surface area contributed by atoms with Crippen molar-refractivity contribution in [3.8, 4) is 0 Å². The molecule has 0 saturated heterocycles. The number of nitrogens with one attached hydrogen (secondary N) is 2. The van der Waals surface area contributed by atoms with Gasteiger partial charge in [-0.25, -0.2) is 0 Å². The summed E-state index contributed by atoms with van der Waals surface area (Å²) in [7, 11) is 0. The first-order valence-corrected chi connectivity index (χ1v) is 2.10. The van der Waals surface area contributed by atoms with E-state index in [0.29, 0.717) is 0 Å². The summed E-state index contributed by atoms with van der Waals surface area (Å²) in [5.74, 6) is 0.903. The molecule has 2 heterocycles. The molecule has 1 aliphatic heterocycles. The zero-order valence-corrected chi connectivity index (χ0v) is 3.60. The van der Waals surface area contributed by atoms with Gasteiger partial charge in [0.25, 0.3) is 0 Å². The molecule has 0 aromatic carbocycles. The van der Waals surface area contributed by atoms with Gasteiger partial charge in [0, 0.05) is 0 Å². The predicted molar refractivity (Wildman–Crippen MR) is 23.7 cm³/mol. The molecule has 1 aliphatic rings. The molecule has 0 atom stereocenters. The standard InChI is InChI=1S/C3H4N4/c1-2-3(4-1)6-7-5-2/h1H2,(H2,4,5,6,7). The molecule has 36 valence electrons. The Morgan fingerprint density at radius 3 is 2.71 bits per heavy atom. The molecule has 0 aliphatic carbocycles. The SMILES string of the molecule is C1Nc2n[nH]nc21. The maximum absolute atomic E-state index is 3.80. The summed E-state index contributed by atoms with van der Waals surface area (Å²) in [4.78, 5) is 0. The third kappa shape index (κ3) is 0.220. The van der Waals surface area contributed by atoms with Gasteiger partial charge in [-0.2, -0.15) is 10.3 Å². The van der Waals surface area contributed by atoms with Crippen molar-refractivity contribution >= 4 is 5.82 Å². The molecule has 1 aromatic heterocycles. The summed E-state index contributed by atoms with van der Waals surface area (Å²) < 4.78 is 0. The zero-order chi connectivity index (χ0) is 4.69. The van der Waals surface area contributed by atoms with Crippen LogP contribution in [-0.2, 0) is 6.54 Å². The lowest BCUT2D eigenvalue weighted by Gasteiger charge is -2.09. The van der Waals surface area contributed by atoms with Crippen LogP contribution in [0.25, 0.3) is 0 Å². The first-order valence-electron chi connectivity index (χ1n) is 2.10. The van der Waals surface area contributed by atoms with E-state index in [9.17, 15) is 0 Å². The van der Waals surface area contributed by atoms with Gasteiger partial charge in [-0.3, -0.25) is 0 Å². The van der Waals surface area contributed by atoms with E-state index in [2.05, 4.69) is 20.7 Å². The maximum atomic E-state index is 3.80. The highest BCUT2D eigenvalue weighted by molar-refractivity contribution is 5.47. The number of nitrogens with zero attached hydrogens (tertiary/aromatic N) is 2. The van der Waals surface area contributed by atoms with E-state index in [1.165, 1.54) is 0 Å². The quantitative estimate of drug-likeness (QED) is 0.467. The van der Waals surface area contributed by atoms with E-state index in [-0.39, 0.29) is 0 Å². The summed E-state index contributed by atoms with van der Waals surface area (Å²) in [6.07, 6.45) is 0. The minimum Gasteiger partial charge on any atom is -0.361 e. The average Bonchev–Trinajstić information content (AvgIpc) is 1.85. The zero-order valence-electron chi connectivity index (χ0n) is 3.60. The normalized spacial score (nSPS) is 14.3. The van der Waals surface area contributed by atoms with Crippen molar-refractivity contribution in [3.05, 3.63) is 5.69 Å². The van der Waals surface area contributed by atoms with Gasteiger partial charge in [-0.05, 0) is 0 Å². The second-order valence-corrected chi connectivity index (χ2v) is 1.47. The Morgan fingerprint density at radius 2 is 2.43 bits per heavy atom. The van der Waals surface area contributed by atoms with Crippen LogP contribution in [0.15, 0.2) is 0 Å². The van der Waals surface area contributed by atoms with E-state index in [1.807, 2.05) is 0 Å². The van der Waals surface area contributed by atoms with Gasteiger partial charge in [0.2, 0.25) is 0 Å². The minimum absolute atomic E-state index is 0.867. The topological polar surface area (TPSA) is 53.6 Å². The smallest absolute Gasteiger partial charge is 0.173 e. The van der Waals surface area contributed by atoms with Crippen molar-refractivity contribution in [2.45, 2.75) is 6.54 Å². The molecule has 0 unspecified atom stereocenters. The fourth-order valence-electron chi connectivity index (χ4n) is 0.578. The van der Waals surface area contributed by atoms with Gasteiger partial charge < -0.3 is 5.32 Å². The Labute approximate surface area is 39.9 Å². The first-order chi connectivity index (χ1) is 3.47. The van der Waals surface area contributed by atoms with Crippen molar-refractivity contribution < 1.29 is 0 Å². The second kappa shape index (κ2) is 0.776. The Hall–Kier alpha value is -1.06. The second-order valence-electron chi connectivity index (χ2n) is 1.47. The number of aromatic nitrogens is 3. The largest absolute Gasteiger partial charge is 0.361 e. The van der Waals surface area contributed by atoms with Crippen LogP contribution < -0.4 is 5.32 Å². The van der Waals surface area contributed by atoms with Crippen molar-refractivity contribution in [2.24, 2.45) is 0 Å². The van der Waals surface area contributed by atoms with E-state index < -0.39 is 0 Å². The molecule has 2 N–H and O–H groups in total. The van der Waals surface area contributed by atoms with E-state index in [0.717, 1.165) is 18.1 Å². The molecule has 0 bridgehead atoms. The molecule has 1 aromatic rings. The lowest BCUT2D eigenvalue weighted by molar-refractivity contribution is 0.922. The number of aromatic amines is 1. The van der Waals surface area contributed by atoms with Gasteiger partial charge >= 0.3 is 0 Å². The van der Waals surface area contributed by atoms with Crippen LogP contribution in [-0.4, -0.2) is 15.4 Å². The van der Waals surface area contributed by atoms with Crippen LogP contribution in [0.2, 0.25) is 0 Å². The Morgan fingerprint density at radius 1 is 1.43 bits per heavy atom. The monoisotopic (exact) mass is 96.0 g/mol. The number of rotatable bonds is 0. The van der Waals surface area contributed by atoms with Gasteiger partial charge in [0.05, 0.1) is 6.54 Å². The lowest BCUT2D eigenvalue weighted by Crippen LogP contribution is -2.12. The van der Waals surface area contributed by atoms with Crippen LogP contribution in [0.5, 0.6) is 0 Å². The molecule has 4 nitrogen and oxygen atoms in total. The molecule has 4 heteroatoms. The highest BCUT2D eigenvalue weighted by Gasteiger charge is 2.14. The van der Waals surface area contributed by atoms with Gasteiger partial charge in [0.15, 0.2) is 5.82 Å². The molecule has 2 rings (SSSR count). The fourth-order valence-corrected chi connectivity index (χ4v) is 0.578. The molecule has 0 radical (unpaired) electrons. The molecular weight excluding hydrogens is 92.1 g/mol. The van der Waals surface area contributed by atoms with Gasteiger partial charge in [0.1, 0.15) is 5.69 Å². The molecular formula is C3H4N4. The van der Waals surface area contributed by atoms with E-state index in [1.54, 1.807) is 0 Å². The average molecular weight is 96.1 g/mol. The van der Waals surface area contributed by atoms with Crippen LogP contribution in [0.4, 0.5) is 5.82 Å². The molecule has 7 heavy (non-hydrogen) atoms. The number of anilines is 1. The van der Waals surface area contributed by atoms with E-state index >= 15 is 0 Å². The summed E-state index contributed by atoms with van der Waals surface area (Å²) in [6, 6.07) is 0. The third-order valence-corrected chi connectivity index (χ3v) is 1.04. The number of hydrogen-bond donors (Lipinski definition) is 2. The molecule has 0 fully saturated rings. The minimum atomic E-state index is 0.867. The third-order valence-electron chi connectivity index (χ3n) is 1.04. The Bertz CT molecular complexity index is 160. The van der Waals surface area contributed by atoms with Gasteiger partial charge in [-0.15, -0.1) is 5.10 Å². The fraction of sp³-hybridized carbons (Fsp3) is 0.333. The summed E-state index contributed by atoms with van der Waals surface area (Å²) in [5.41, 5.74) is 1.04. The highest BCUT2D eigenvalue weighted by atomic mass is 15.4.